The number of aliphatic hydroxyl groups is 1. The molecule has 2 atom stereocenters. The molecule has 1 aliphatic heterocycles. The van der Waals surface area contributed by atoms with Gasteiger partial charge in [-0.25, -0.2) is 4.98 Å². The standard InChI is InChI=1S/C15H21N3O3/c19-10(7-13-14(20)5-2-6-16-13)8-18-9-17-12-4-1-3-11(12)15(18)21/h9,13-14,16,20H,1-8H2/t13-,14+/m1/s1. The van der Waals surface area contributed by atoms with Crippen LogP contribution in [0.15, 0.2) is 11.1 Å². The van der Waals surface area contributed by atoms with Gasteiger partial charge in [0, 0.05) is 18.0 Å². The summed E-state index contributed by atoms with van der Waals surface area (Å²) < 4.78 is 1.40. The molecule has 0 unspecified atom stereocenters. The van der Waals surface area contributed by atoms with Gasteiger partial charge in [-0.1, -0.05) is 0 Å². The van der Waals surface area contributed by atoms with Gasteiger partial charge in [0.1, 0.15) is 0 Å². The predicted octanol–water partition coefficient (Wildman–Crippen LogP) is -0.196. The summed E-state index contributed by atoms with van der Waals surface area (Å²) in [5.41, 5.74) is 1.57. The highest BCUT2D eigenvalue weighted by molar-refractivity contribution is 5.78. The second kappa shape index (κ2) is 6.07. The highest BCUT2D eigenvalue weighted by Crippen LogP contribution is 2.15. The number of ketones is 1. The number of nitrogens with zero attached hydrogens (tertiary/aromatic N) is 2. The molecule has 0 radical (unpaired) electrons. The van der Waals surface area contributed by atoms with Crippen LogP contribution in [0.4, 0.5) is 0 Å². The SMILES string of the molecule is O=C(C[C@H]1NCCC[C@@H]1O)Cn1cnc2c(c1=O)CCC2. The van der Waals surface area contributed by atoms with E-state index in [4.69, 9.17) is 0 Å². The van der Waals surface area contributed by atoms with E-state index in [9.17, 15) is 14.7 Å². The van der Waals surface area contributed by atoms with Crippen LogP contribution in [-0.4, -0.2) is 39.1 Å². The average Bonchev–Trinajstić information content (AvgIpc) is 2.94. The minimum atomic E-state index is -0.474. The van der Waals surface area contributed by atoms with Crippen molar-refractivity contribution in [2.24, 2.45) is 0 Å². The Morgan fingerprint density at radius 1 is 1.43 bits per heavy atom. The van der Waals surface area contributed by atoms with Gasteiger partial charge < -0.3 is 10.4 Å². The minimum Gasteiger partial charge on any atom is -0.391 e. The lowest BCUT2D eigenvalue weighted by molar-refractivity contribution is -0.121. The van der Waals surface area contributed by atoms with Crippen molar-refractivity contribution < 1.29 is 9.90 Å². The quantitative estimate of drug-likeness (QED) is 0.803. The average molecular weight is 291 g/mol. The normalized spacial score (nSPS) is 24.8. The number of aryl methyl sites for hydroxylation is 1. The van der Waals surface area contributed by atoms with Crippen molar-refractivity contribution in [1.82, 2.24) is 14.9 Å². The van der Waals surface area contributed by atoms with Gasteiger partial charge in [-0.15, -0.1) is 0 Å². The fourth-order valence-electron chi connectivity index (χ4n) is 3.22. The molecular weight excluding hydrogens is 270 g/mol. The van der Waals surface area contributed by atoms with Crippen LogP contribution in [0.25, 0.3) is 0 Å². The van der Waals surface area contributed by atoms with Crippen molar-refractivity contribution in [2.75, 3.05) is 6.54 Å². The lowest BCUT2D eigenvalue weighted by Gasteiger charge is -2.28. The number of carbonyl (C=O) groups excluding carboxylic acids is 1. The number of carbonyl (C=O) groups is 1. The van der Waals surface area contributed by atoms with Gasteiger partial charge in [0.05, 0.1) is 24.7 Å². The first-order chi connectivity index (χ1) is 10.1. The Labute approximate surface area is 123 Å². The second-order valence-corrected chi connectivity index (χ2v) is 5.97. The molecule has 2 aliphatic rings. The van der Waals surface area contributed by atoms with Gasteiger partial charge in [0.15, 0.2) is 5.78 Å². The summed E-state index contributed by atoms with van der Waals surface area (Å²) in [6, 6.07) is -0.190. The third-order valence-corrected chi connectivity index (χ3v) is 4.40. The number of piperidine rings is 1. The highest BCUT2D eigenvalue weighted by Gasteiger charge is 2.25. The van der Waals surface area contributed by atoms with E-state index in [0.717, 1.165) is 49.9 Å². The van der Waals surface area contributed by atoms with Crippen LogP contribution < -0.4 is 10.9 Å². The summed E-state index contributed by atoms with van der Waals surface area (Å²) in [5.74, 6) is -0.0460. The monoisotopic (exact) mass is 291 g/mol. The number of aromatic nitrogens is 2. The third kappa shape index (κ3) is 3.06. The molecule has 0 aromatic carbocycles. The largest absolute Gasteiger partial charge is 0.391 e. The van der Waals surface area contributed by atoms with E-state index in [0.29, 0.717) is 0 Å². The number of hydrogen-bond donors (Lipinski definition) is 2. The van der Waals surface area contributed by atoms with E-state index in [-0.39, 0.29) is 30.3 Å². The fourth-order valence-corrected chi connectivity index (χ4v) is 3.22. The van der Waals surface area contributed by atoms with Gasteiger partial charge in [0.25, 0.3) is 5.56 Å². The van der Waals surface area contributed by atoms with E-state index < -0.39 is 6.10 Å². The third-order valence-electron chi connectivity index (χ3n) is 4.40. The maximum absolute atomic E-state index is 12.3. The maximum Gasteiger partial charge on any atom is 0.257 e. The van der Waals surface area contributed by atoms with Gasteiger partial charge in [0.2, 0.25) is 0 Å². The smallest absolute Gasteiger partial charge is 0.257 e. The first kappa shape index (κ1) is 14.4. The van der Waals surface area contributed by atoms with E-state index in [1.807, 2.05) is 0 Å². The van der Waals surface area contributed by atoms with Crippen LogP contribution in [0, 0.1) is 0 Å². The molecule has 2 N–H and O–H groups in total. The molecule has 6 heteroatoms. The molecule has 1 aromatic rings. The predicted molar refractivity (Wildman–Crippen MR) is 77.2 cm³/mol. The lowest BCUT2D eigenvalue weighted by Crippen LogP contribution is -2.46. The number of hydrogen-bond acceptors (Lipinski definition) is 5. The van der Waals surface area contributed by atoms with Crippen LogP contribution >= 0.6 is 0 Å². The summed E-state index contributed by atoms with van der Waals surface area (Å²) in [6.45, 7) is 0.874. The summed E-state index contributed by atoms with van der Waals surface area (Å²) in [7, 11) is 0. The number of fused-ring (bicyclic) bond motifs is 1. The van der Waals surface area contributed by atoms with Crippen molar-refractivity contribution >= 4 is 5.78 Å². The van der Waals surface area contributed by atoms with Gasteiger partial charge in [-0.2, -0.15) is 0 Å². The van der Waals surface area contributed by atoms with Crippen molar-refractivity contribution in [3.8, 4) is 0 Å². The second-order valence-electron chi connectivity index (χ2n) is 5.97. The lowest BCUT2D eigenvalue weighted by atomic mass is 9.97. The van der Waals surface area contributed by atoms with Crippen molar-refractivity contribution in [2.45, 2.75) is 57.2 Å². The summed E-state index contributed by atoms with van der Waals surface area (Å²) >= 11 is 0. The molecule has 0 bridgehead atoms. The number of rotatable bonds is 4. The Morgan fingerprint density at radius 2 is 2.29 bits per heavy atom. The zero-order valence-electron chi connectivity index (χ0n) is 12.0. The maximum atomic E-state index is 12.3. The molecule has 1 saturated heterocycles. The number of nitrogens with one attached hydrogen (secondary N) is 1. The van der Waals surface area contributed by atoms with E-state index in [2.05, 4.69) is 10.3 Å². The Balaban J connectivity index is 1.66. The van der Waals surface area contributed by atoms with Gasteiger partial charge in [-0.3, -0.25) is 14.2 Å². The van der Waals surface area contributed by atoms with E-state index in [1.165, 1.54) is 10.9 Å². The molecule has 1 fully saturated rings. The Hall–Kier alpha value is -1.53. The molecule has 1 aromatic heterocycles. The van der Waals surface area contributed by atoms with E-state index >= 15 is 0 Å². The summed E-state index contributed by atoms with van der Waals surface area (Å²) in [4.78, 5) is 28.7. The molecule has 114 valence electrons. The Morgan fingerprint density at radius 3 is 3.10 bits per heavy atom. The number of aliphatic hydroxyl groups excluding tert-OH is 1. The molecule has 0 amide bonds. The van der Waals surface area contributed by atoms with Crippen molar-refractivity contribution in [3.05, 3.63) is 27.9 Å². The van der Waals surface area contributed by atoms with Crippen LogP contribution in [0.3, 0.4) is 0 Å². The van der Waals surface area contributed by atoms with Gasteiger partial charge >= 0.3 is 0 Å². The van der Waals surface area contributed by atoms with Crippen molar-refractivity contribution in [3.63, 3.8) is 0 Å². The molecule has 1 aliphatic carbocycles. The molecule has 6 nitrogen and oxygen atoms in total. The fraction of sp³-hybridized carbons (Fsp3) is 0.667. The topological polar surface area (TPSA) is 84.2 Å². The Kier molecular flexibility index (Phi) is 4.17. The molecule has 0 saturated carbocycles. The Bertz CT molecular complexity index is 596. The molecule has 21 heavy (non-hydrogen) atoms. The van der Waals surface area contributed by atoms with Crippen molar-refractivity contribution in [1.29, 1.82) is 0 Å². The van der Waals surface area contributed by atoms with Crippen LogP contribution in [-0.2, 0) is 24.2 Å². The zero-order valence-corrected chi connectivity index (χ0v) is 12.0. The minimum absolute atomic E-state index is 0.0456. The highest BCUT2D eigenvalue weighted by atomic mass is 16.3. The number of Topliss-reactive ketones (excluding diaryl/α,β-unsaturated/α-hetero) is 1. The van der Waals surface area contributed by atoms with Gasteiger partial charge in [-0.05, 0) is 38.6 Å². The molecular formula is C15H21N3O3. The van der Waals surface area contributed by atoms with Crippen LogP contribution in [0.5, 0.6) is 0 Å². The molecule has 0 spiro atoms. The zero-order chi connectivity index (χ0) is 14.8. The first-order valence-electron chi connectivity index (χ1n) is 7.65. The molecule has 2 heterocycles. The van der Waals surface area contributed by atoms with Crippen LogP contribution in [0.2, 0.25) is 0 Å². The van der Waals surface area contributed by atoms with E-state index in [1.54, 1.807) is 0 Å². The van der Waals surface area contributed by atoms with Crippen LogP contribution in [0.1, 0.15) is 36.9 Å². The summed E-state index contributed by atoms with van der Waals surface area (Å²) in [5, 5.41) is 13.0. The first-order valence-corrected chi connectivity index (χ1v) is 7.65. The summed E-state index contributed by atoms with van der Waals surface area (Å²) in [6.07, 6.45) is 5.51. The molecule has 3 rings (SSSR count).